The average molecular weight is 394 g/mol. The van der Waals surface area contributed by atoms with E-state index in [1.54, 1.807) is 32.4 Å². The Hall–Kier alpha value is -3.26. The summed E-state index contributed by atoms with van der Waals surface area (Å²) in [6, 6.07) is 9.88. The number of hydrogen-bond acceptors (Lipinski definition) is 4. The summed E-state index contributed by atoms with van der Waals surface area (Å²) >= 11 is 0. The second kappa shape index (κ2) is 7.63. The van der Waals surface area contributed by atoms with Gasteiger partial charge >= 0.3 is 6.03 Å². The number of likely N-dealkylation sites (N-methyl/N-ethyl adjacent to an activating group) is 1. The number of nitrogens with one attached hydrogen (secondary N) is 1. The lowest BCUT2D eigenvalue weighted by molar-refractivity contribution is 0.230. The molecule has 1 aliphatic rings. The van der Waals surface area contributed by atoms with Gasteiger partial charge in [-0.25, -0.2) is 14.2 Å². The van der Waals surface area contributed by atoms with Crippen molar-refractivity contribution in [2.24, 2.45) is 0 Å². The Labute approximate surface area is 168 Å². The Balaban J connectivity index is 1.83. The van der Waals surface area contributed by atoms with Crippen molar-refractivity contribution in [1.82, 2.24) is 24.6 Å². The fourth-order valence-corrected chi connectivity index (χ4v) is 3.43. The predicted molar refractivity (Wildman–Crippen MR) is 110 cm³/mol. The van der Waals surface area contributed by atoms with Crippen LogP contribution in [0.5, 0.6) is 0 Å². The number of amides is 2. The second-order valence-corrected chi connectivity index (χ2v) is 7.39. The molecule has 2 aromatic heterocycles. The highest BCUT2D eigenvalue weighted by atomic mass is 19.1. The Morgan fingerprint density at radius 1 is 1.14 bits per heavy atom. The molecular weight excluding hydrogens is 371 g/mol. The Morgan fingerprint density at radius 2 is 1.90 bits per heavy atom. The molecule has 0 aliphatic carbocycles. The van der Waals surface area contributed by atoms with E-state index in [1.807, 2.05) is 16.8 Å². The molecule has 8 heteroatoms. The molecule has 0 saturated carbocycles. The van der Waals surface area contributed by atoms with E-state index >= 15 is 0 Å². The van der Waals surface area contributed by atoms with Crippen LogP contribution in [-0.4, -0.2) is 58.3 Å². The Kier molecular flexibility index (Phi) is 5.02. The van der Waals surface area contributed by atoms with Crippen molar-refractivity contribution in [3.63, 3.8) is 0 Å². The van der Waals surface area contributed by atoms with Crippen LogP contribution in [0.4, 0.5) is 15.0 Å². The monoisotopic (exact) mass is 394 g/mol. The molecule has 2 amide bonds. The van der Waals surface area contributed by atoms with Crippen LogP contribution in [-0.2, 0) is 13.1 Å². The van der Waals surface area contributed by atoms with E-state index in [4.69, 9.17) is 5.10 Å². The van der Waals surface area contributed by atoms with Crippen molar-refractivity contribution in [3.05, 3.63) is 54.1 Å². The summed E-state index contributed by atoms with van der Waals surface area (Å²) in [5.74, 6) is 0.187. The first-order valence-corrected chi connectivity index (χ1v) is 9.41. The molecule has 0 fully saturated rings. The lowest BCUT2D eigenvalue weighted by atomic mass is 9.98. The van der Waals surface area contributed by atoms with E-state index in [-0.39, 0.29) is 11.8 Å². The molecule has 7 nitrogen and oxygen atoms in total. The number of hydrogen-bond donors (Lipinski definition) is 1. The normalized spacial score (nSPS) is 13.8. The minimum absolute atomic E-state index is 0.245. The molecule has 0 saturated heterocycles. The summed E-state index contributed by atoms with van der Waals surface area (Å²) in [5, 5.41) is 7.62. The van der Waals surface area contributed by atoms with Gasteiger partial charge in [-0.05, 0) is 49.0 Å². The number of urea groups is 1. The fraction of sp³-hybridized carbons (Fsp3) is 0.286. The topological polar surface area (TPSA) is 66.3 Å². The third-order valence-corrected chi connectivity index (χ3v) is 4.98. The van der Waals surface area contributed by atoms with E-state index in [1.165, 1.54) is 17.0 Å². The van der Waals surface area contributed by atoms with E-state index in [0.717, 1.165) is 47.7 Å². The number of carbonyl (C=O) groups is 1. The number of fused-ring (bicyclic) bond motifs is 1. The van der Waals surface area contributed by atoms with Crippen molar-refractivity contribution in [2.45, 2.75) is 13.1 Å². The molecular formula is C21H23FN6O. The summed E-state index contributed by atoms with van der Waals surface area (Å²) < 4.78 is 15.5. The van der Waals surface area contributed by atoms with Crippen LogP contribution >= 0.6 is 0 Å². The van der Waals surface area contributed by atoms with Crippen LogP contribution in [0.1, 0.15) is 5.69 Å². The van der Waals surface area contributed by atoms with Gasteiger partial charge in [-0.2, -0.15) is 5.10 Å². The van der Waals surface area contributed by atoms with Gasteiger partial charge in [0, 0.05) is 44.5 Å². The first-order valence-electron chi connectivity index (χ1n) is 9.41. The molecule has 0 unspecified atom stereocenters. The molecule has 0 radical (unpaired) electrons. The van der Waals surface area contributed by atoms with Crippen molar-refractivity contribution < 1.29 is 9.18 Å². The maximum Gasteiger partial charge on any atom is 0.322 e. The number of aromatic nitrogens is 3. The van der Waals surface area contributed by atoms with Gasteiger partial charge < -0.3 is 4.90 Å². The van der Waals surface area contributed by atoms with Gasteiger partial charge in [0.1, 0.15) is 17.3 Å². The average Bonchev–Trinajstić information content (AvgIpc) is 3.07. The first-order chi connectivity index (χ1) is 13.9. The van der Waals surface area contributed by atoms with Crippen molar-refractivity contribution in [1.29, 1.82) is 0 Å². The molecule has 0 atom stereocenters. The number of rotatable bonds is 3. The van der Waals surface area contributed by atoms with Crippen molar-refractivity contribution in [2.75, 3.05) is 33.0 Å². The van der Waals surface area contributed by atoms with Crippen molar-refractivity contribution >= 4 is 11.8 Å². The zero-order chi connectivity index (χ0) is 20.5. The molecule has 1 N–H and O–H groups in total. The molecule has 0 spiro atoms. The van der Waals surface area contributed by atoms with Crippen LogP contribution in [0, 0.1) is 5.82 Å². The third kappa shape index (κ3) is 3.84. The largest absolute Gasteiger partial charge is 0.331 e. The van der Waals surface area contributed by atoms with Gasteiger partial charge in [-0.15, -0.1) is 0 Å². The van der Waals surface area contributed by atoms with E-state index in [0.29, 0.717) is 5.82 Å². The van der Waals surface area contributed by atoms with E-state index < -0.39 is 0 Å². The molecule has 1 aliphatic heterocycles. The zero-order valence-electron chi connectivity index (χ0n) is 16.7. The van der Waals surface area contributed by atoms with Gasteiger partial charge in [0.25, 0.3) is 0 Å². The number of carbonyl (C=O) groups excluding carboxylic acids is 1. The molecule has 29 heavy (non-hydrogen) atoms. The maximum atomic E-state index is 13.5. The van der Waals surface area contributed by atoms with Gasteiger partial charge in [0.05, 0.1) is 12.2 Å². The standard InChI is InChI=1S/C21H23FN6O/c1-26(2)21(29)24-18-12-15(8-9-23-18)19-17-13-27(3)10-11-28(17)25-20(19)14-4-6-16(22)7-5-14/h4-9,12H,10-11,13H2,1-3H3,(H,23,24,29). The number of benzene rings is 1. The van der Waals surface area contributed by atoms with E-state index in [2.05, 4.69) is 22.2 Å². The third-order valence-electron chi connectivity index (χ3n) is 4.98. The number of pyridine rings is 1. The minimum atomic E-state index is -0.281. The van der Waals surface area contributed by atoms with Gasteiger partial charge in [0.15, 0.2) is 0 Å². The van der Waals surface area contributed by atoms with Gasteiger partial charge in [-0.1, -0.05) is 0 Å². The molecule has 150 valence electrons. The Bertz CT molecular complexity index is 1040. The summed E-state index contributed by atoms with van der Waals surface area (Å²) in [5.41, 5.74) is 4.62. The molecule has 4 rings (SSSR count). The summed E-state index contributed by atoms with van der Waals surface area (Å²) in [7, 11) is 5.43. The first kappa shape index (κ1) is 19.1. The minimum Gasteiger partial charge on any atom is -0.331 e. The predicted octanol–water partition coefficient (Wildman–Crippen LogP) is 3.29. The number of halogens is 1. The summed E-state index contributed by atoms with van der Waals surface area (Å²) in [6.45, 7) is 2.46. The quantitative estimate of drug-likeness (QED) is 0.740. The van der Waals surface area contributed by atoms with Crippen LogP contribution in [0.3, 0.4) is 0 Å². The lowest BCUT2D eigenvalue weighted by Gasteiger charge is -2.24. The van der Waals surface area contributed by atoms with Crippen LogP contribution in [0.25, 0.3) is 22.4 Å². The highest BCUT2D eigenvalue weighted by molar-refractivity contribution is 5.90. The summed E-state index contributed by atoms with van der Waals surface area (Å²) in [6.07, 6.45) is 1.67. The smallest absolute Gasteiger partial charge is 0.322 e. The highest BCUT2D eigenvalue weighted by Gasteiger charge is 2.25. The highest BCUT2D eigenvalue weighted by Crippen LogP contribution is 2.37. The van der Waals surface area contributed by atoms with Crippen molar-refractivity contribution in [3.8, 4) is 22.4 Å². The number of nitrogens with zero attached hydrogens (tertiary/aromatic N) is 5. The zero-order valence-corrected chi connectivity index (χ0v) is 16.7. The molecule has 3 heterocycles. The number of anilines is 1. The lowest BCUT2D eigenvalue weighted by Crippen LogP contribution is -2.30. The second-order valence-electron chi connectivity index (χ2n) is 7.39. The van der Waals surface area contributed by atoms with Gasteiger partial charge in [0.2, 0.25) is 0 Å². The van der Waals surface area contributed by atoms with Gasteiger partial charge in [-0.3, -0.25) is 14.9 Å². The molecule has 0 bridgehead atoms. The summed E-state index contributed by atoms with van der Waals surface area (Å²) in [4.78, 5) is 20.0. The SMILES string of the molecule is CN1CCn2nc(-c3ccc(F)cc3)c(-c3ccnc(NC(=O)N(C)C)c3)c2C1. The van der Waals surface area contributed by atoms with Crippen LogP contribution in [0.2, 0.25) is 0 Å². The Morgan fingerprint density at radius 3 is 2.62 bits per heavy atom. The fourth-order valence-electron chi connectivity index (χ4n) is 3.43. The molecule has 3 aromatic rings. The maximum absolute atomic E-state index is 13.5. The van der Waals surface area contributed by atoms with Crippen LogP contribution < -0.4 is 5.32 Å². The van der Waals surface area contributed by atoms with E-state index in [9.17, 15) is 9.18 Å². The van der Waals surface area contributed by atoms with Crippen LogP contribution in [0.15, 0.2) is 42.6 Å². The molecule has 1 aromatic carbocycles.